The van der Waals surface area contributed by atoms with Gasteiger partial charge in [-0.05, 0) is 16.9 Å². The molecule has 0 spiro atoms. The van der Waals surface area contributed by atoms with Crippen LogP contribution in [0, 0.1) is 16.7 Å². The van der Waals surface area contributed by atoms with E-state index in [1.807, 2.05) is 41.5 Å². The van der Waals surface area contributed by atoms with Crippen molar-refractivity contribution < 1.29 is 9.59 Å². The van der Waals surface area contributed by atoms with E-state index >= 15 is 0 Å². The van der Waals surface area contributed by atoms with Gasteiger partial charge in [0, 0.05) is 17.9 Å². The summed E-state index contributed by atoms with van der Waals surface area (Å²) >= 11 is 0. The second-order valence-corrected chi connectivity index (χ2v) is 6.76. The molecule has 0 saturated carbocycles. The Morgan fingerprint density at radius 1 is 1.06 bits per heavy atom. The minimum absolute atomic E-state index is 0.108. The van der Waals surface area contributed by atoms with E-state index in [-0.39, 0.29) is 28.3 Å². The Bertz CT molecular complexity index is 348. The van der Waals surface area contributed by atoms with Gasteiger partial charge in [-0.1, -0.05) is 41.5 Å². The number of allylic oxidation sites excluding steroid dienone is 2. The Hall–Kier alpha value is -0.920. The van der Waals surface area contributed by atoms with Crippen molar-refractivity contribution in [3.63, 3.8) is 0 Å². The molecule has 0 aromatic rings. The average Bonchev–Trinajstić information content (AvgIpc) is 2.04. The molecule has 0 bridgehead atoms. The molecule has 0 aromatic heterocycles. The van der Waals surface area contributed by atoms with Crippen molar-refractivity contribution in [3.05, 3.63) is 11.6 Å². The molecule has 1 atom stereocenters. The van der Waals surface area contributed by atoms with Crippen LogP contribution in [0.4, 0.5) is 0 Å². The summed E-state index contributed by atoms with van der Waals surface area (Å²) in [7, 11) is 0. The summed E-state index contributed by atoms with van der Waals surface area (Å²) in [5, 5.41) is 0. The SMILES string of the molecule is CC(C)(C)C1=CC(=O)C(C(C)(C)C)CC1=O. The molecule has 90 valence electrons. The zero-order valence-corrected chi connectivity index (χ0v) is 11.2. The highest BCUT2D eigenvalue weighted by atomic mass is 16.1. The lowest BCUT2D eigenvalue weighted by molar-refractivity contribution is -0.129. The summed E-state index contributed by atoms with van der Waals surface area (Å²) in [6.07, 6.45) is 1.94. The average molecular weight is 222 g/mol. The van der Waals surface area contributed by atoms with Crippen molar-refractivity contribution in [2.75, 3.05) is 0 Å². The molecule has 0 radical (unpaired) electrons. The zero-order valence-electron chi connectivity index (χ0n) is 11.2. The Labute approximate surface area is 98.1 Å². The molecule has 0 amide bonds. The van der Waals surface area contributed by atoms with E-state index in [2.05, 4.69) is 0 Å². The van der Waals surface area contributed by atoms with E-state index in [1.54, 1.807) is 6.08 Å². The molecule has 0 N–H and O–H groups in total. The lowest BCUT2D eigenvalue weighted by atomic mass is 9.68. The largest absolute Gasteiger partial charge is 0.295 e. The van der Waals surface area contributed by atoms with Gasteiger partial charge in [0.15, 0.2) is 11.6 Å². The Morgan fingerprint density at radius 3 is 1.94 bits per heavy atom. The summed E-state index contributed by atoms with van der Waals surface area (Å²) in [5.74, 6) is 0.0788. The van der Waals surface area contributed by atoms with Gasteiger partial charge in [0.2, 0.25) is 0 Å². The van der Waals surface area contributed by atoms with Crippen LogP contribution in [0.15, 0.2) is 11.6 Å². The first-order valence-electron chi connectivity index (χ1n) is 5.82. The first-order chi connectivity index (χ1) is 7.03. The van der Waals surface area contributed by atoms with Gasteiger partial charge in [0.05, 0.1) is 0 Å². The van der Waals surface area contributed by atoms with E-state index in [4.69, 9.17) is 0 Å². The van der Waals surface area contributed by atoms with Crippen molar-refractivity contribution in [1.29, 1.82) is 0 Å². The quantitative estimate of drug-likeness (QED) is 0.631. The van der Waals surface area contributed by atoms with Crippen molar-refractivity contribution in [3.8, 4) is 0 Å². The highest BCUT2D eigenvalue weighted by Gasteiger charge is 2.38. The lowest BCUT2D eigenvalue weighted by Crippen LogP contribution is -2.36. The standard InChI is InChI=1S/C14H22O2/c1-13(2,3)9-7-12(16)10(8-11(9)15)14(4,5)6/h7,10H,8H2,1-6H3. The molecular formula is C14H22O2. The molecule has 2 nitrogen and oxygen atoms in total. The van der Waals surface area contributed by atoms with E-state index in [0.29, 0.717) is 12.0 Å². The molecule has 1 aliphatic carbocycles. The molecule has 0 fully saturated rings. The van der Waals surface area contributed by atoms with Crippen LogP contribution in [-0.4, -0.2) is 11.6 Å². The second kappa shape index (κ2) is 3.83. The first-order valence-corrected chi connectivity index (χ1v) is 5.82. The maximum atomic E-state index is 12.0. The number of Topliss-reactive ketones (excluding diaryl/α,β-unsaturated/α-hetero) is 1. The maximum Gasteiger partial charge on any atom is 0.160 e. The van der Waals surface area contributed by atoms with Gasteiger partial charge in [-0.2, -0.15) is 0 Å². The predicted molar refractivity (Wildman–Crippen MR) is 65.1 cm³/mol. The first kappa shape index (κ1) is 13.1. The van der Waals surface area contributed by atoms with Crippen LogP contribution in [-0.2, 0) is 9.59 Å². The van der Waals surface area contributed by atoms with Crippen molar-refractivity contribution in [2.45, 2.75) is 48.0 Å². The van der Waals surface area contributed by atoms with Gasteiger partial charge in [0.1, 0.15) is 0 Å². The summed E-state index contributed by atoms with van der Waals surface area (Å²) in [6, 6.07) is 0. The number of carbonyl (C=O) groups excluding carboxylic acids is 2. The number of carbonyl (C=O) groups is 2. The molecule has 1 unspecified atom stereocenters. The molecule has 0 aliphatic heterocycles. The van der Waals surface area contributed by atoms with Crippen LogP contribution >= 0.6 is 0 Å². The third-order valence-electron chi connectivity index (χ3n) is 3.17. The van der Waals surface area contributed by atoms with Gasteiger partial charge in [0.25, 0.3) is 0 Å². The van der Waals surface area contributed by atoms with Crippen LogP contribution in [0.3, 0.4) is 0 Å². The molecule has 0 aromatic carbocycles. The maximum absolute atomic E-state index is 12.0. The van der Waals surface area contributed by atoms with Crippen LogP contribution in [0.1, 0.15) is 48.0 Å². The Morgan fingerprint density at radius 2 is 1.56 bits per heavy atom. The van der Waals surface area contributed by atoms with Crippen LogP contribution < -0.4 is 0 Å². The highest BCUT2D eigenvalue weighted by molar-refractivity contribution is 6.10. The molecule has 1 aliphatic rings. The van der Waals surface area contributed by atoms with E-state index in [9.17, 15) is 9.59 Å². The monoisotopic (exact) mass is 222 g/mol. The van der Waals surface area contributed by atoms with Gasteiger partial charge >= 0.3 is 0 Å². The molecular weight excluding hydrogens is 200 g/mol. The van der Waals surface area contributed by atoms with E-state index in [1.165, 1.54) is 0 Å². The zero-order chi connectivity index (χ0) is 12.7. The molecule has 0 heterocycles. The van der Waals surface area contributed by atoms with Crippen molar-refractivity contribution in [1.82, 2.24) is 0 Å². The summed E-state index contributed by atoms with van der Waals surface area (Å²) in [6.45, 7) is 12.0. The normalized spacial score (nSPS) is 23.4. The van der Waals surface area contributed by atoms with Gasteiger partial charge in [-0.15, -0.1) is 0 Å². The Kier molecular flexibility index (Phi) is 3.15. The van der Waals surface area contributed by atoms with Gasteiger partial charge < -0.3 is 0 Å². The molecule has 1 rings (SSSR count). The van der Waals surface area contributed by atoms with Crippen LogP contribution in [0.2, 0.25) is 0 Å². The Balaban J connectivity index is 3.08. The fourth-order valence-electron chi connectivity index (χ4n) is 2.09. The number of hydrogen-bond donors (Lipinski definition) is 0. The van der Waals surface area contributed by atoms with E-state index in [0.717, 1.165) is 0 Å². The summed E-state index contributed by atoms with van der Waals surface area (Å²) in [4.78, 5) is 24.0. The topological polar surface area (TPSA) is 34.1 Å². The second-order valence-electron chi connectivity index (χ2n) is 6.76. The van der Waals surface area contributed by atoms with Crippen molar-refractivity contribution in [2.24, 2.45) is 16.7 Å². The number of ketones is 2. The van der Waals surface area contributed by atoms with E-state index < -0.39 is 0 Å². The summed E-state index contributed by atoms with van der Waals surface area (Å²) < 4.78 is 0. The molecule has 2 heteroatoms. The predicted octanol–water partition coefficient (Wildman–Crippen LogP) is 3.16. The minimum atomic E-state index is -0.227. The number of rotatable bonds is 0. The summed E-state index contributed by atoms with van der Waals surface area (Å²) in [5.41, 5.74) is 0.320. The third-order valence-corrected chi connectivity index (χ3v) is 3.17. The molecule has 0 saturated heterocycles. The van der Waals surface area contributed by atoms with Crippen molar-refractivity contribution >= 4 is 11.6 Å². The lowest BCUT2D eigenvalue weighted by Gasteiger charge is -2.34. The third kappa shape index (κ3) is 2.60. The van der Waals surface area contributed by atoms with Crippen LogP contribution in [0.25, 0.3) is 0 Å². The van der Waals surface area contributed by atoms with Gasteiger partial charge in [-0.25, -0.2) is 0 Å². The highest BCUT2D eigenvalue weighted by Crippen LogP contribution is 2.38. The van der Waals surface area contributed by atoms with Gasteiger partial charge in [-0.3, -0.25) is 9.59 Å². The fourth-order valence-corrected chi connectivity index (χ4v) is 2.09. The smallest absolute Gasteiger partial charge is 0.160 e. The number of hydrogen-bond acceptors (Lipinski definition) is 2. The molecule has 16 heavy (non-hydrogen) atoms. The fraction of sp³-hybridized carbons (Fsp3) is 0.714. The minimum Gasteiger partial charge on any atom is -0.295 e. The van der Waals surface area contributed by atoms with Crippen LogP contribution in [0.5, 0.6) is 0 Å².